The maximum Gasteiger partial charge on any atom is 0.333 e. The summed E-state index contributed by atoms with van der Waals surface area (Å²) in [4.78, 5) is 11.5. The zero-order chi connectivity index (χ0) is 12.1. The molecular weight excluding hydrogens is 268 g/mol. The monoisotopic (exact) mass is 282 g/mol. The number of allylic oxidation sites excluding steroid dienone is 1. The van der Waals surface area contributed by atoms with E-state index in [0.717, 1.165) is 15.6 Å². The quantitative estimate of drug-likeness (QED) is 0.623. The molecule has 1 aromatic carbocycles. The van der Waals surface area contributed by atoms with Gasteiger partial charge in [0.15, 0.2) is 0 Å². The van der Waals surface area contributed by atoms with Crippen LogP contribution < -0.4 is 0 Å². The summed E-state index contributed by atoms with van der Waals surface area (Å²) in [5.41, 5.74) is 2.64. The van der Waals surface area contributed by atoms with Crippen LogP contribution in [-0.4, -0.2) is 12.6 Å². The molecule has 86 valence electrons. The highest BCUT2D eigenvalue weighted by Gasteiger charge is 2.09. The molecule has 16 heavy (non-hydrogen) atoms. The van der Waals surface area contributed by atoms with Gasteiger partial charge in [-0.3, -0.25) is 0 Å². The maximum atomic E-state index is 11.5. The highest BCUT2D eigenvalue weighted by molar-refractivity contribution is 9.10. The van der Waals surface area contributed by atoms with Crippen molar-refractivity contribution in [2.75, 3.05) is 6.61 Å². The van der Waals surface area contributed by atoms with Gasteiger partial charge in [0.2, 0.25) is 0 Å². The summed E-state index contributed by atoms with van der Waals surface area (Å²) in [5, 5.41) is 0. The van der Waals surface area contributed by atoms with Crippen molar-refractivity contribution in [2.45, 2.75) is 20.8 Å². The van der Waals surface area contributed by atoms with Gasteiger partial charge >= 0.3 is 5.97 Å². The molecular formula is C13H15BrO2. The Bertz CT molecular complexity index is 404. The molecule has 0 saturated carbocycles. The van der Waals surface area contributed by atoms with Crippen LogP contribution in [0.5, 0.6) is 0 Å². The lowest BCUT2D eigenvalue weighted by atomic mass is 10.0. The van der Waals surface area contributed by atoms with Crippen LogP contribution >= 0.6 is 15.9 Å². The number of hydrogen-bond acceptors (Lipinski definition) is 2. The molecule has 0 aliphatic heterocycles. The molecule has 0 unspecified atom stereocenters. The standard InChI is InChI=1S/C13H15BrO2/c1-4-16-13(15)10(3)9(2)11-5-7-12(14)8-6-11/h5-8H,4H2,1-3H3/b10-9+. The number of halogens is 1. The summed E-state index contributed by atoms with van der Waals surface area (Å²) in [5.74, 6) is -0.247. The van der Waals surface area contributed by atoms with E-state index in [2.05, 4.69) is 15.9 Å². The van der Waals surface area contributed by atoms with E-state index < -0.39 is 0 Å². The lowest BCUT2D eigenvalue weighted by Crippen LogP contribution is -2.06. The fraction of sp³-hybridized carbons (Fsp3) is 0.308. The number of carbonyl (C=O) groups excluding carboxylic acids is 1. The lowest BCUT2D eigenvalue weighted by Gasteiger charge is -2.07. The first-order valence-corrected chi connectivity index (χ1v) is 5.96. The fourth-order valence-corrected chi connectivity index (χ4v) is 1.57. The number of esters is 1. The largest absolute Gasteiger partial charge is 0.463 e. The smallest absolute Gasteiger partial charge is 0.333 e. The zero-order valence-electron chi connectivity index (χ0n) is 9.71. The van der Waals surface area contributed by atoms with Gasteiger partial charge in [0, 0.05) is 10.0 Å². The number of hydrogen-bond donors (Lipinski definition) is 0. The first kappa shape index (κ1) is 13.0. The molecule has 3 heteroatoms. The molecule has 0 bridgehead atoms. The van der Waals surface area contributed by atoms with Crippen molar-refractivity contribution in [1.82, 2.24) is 0 Å². The van der Waals surface area contributed by atoms with E-state index in [1.54, 1.807) is 13.8 Å². The third-order valence-corrected chi connectivity index (χ3v) is 2.95. The Morgan fingerprint density at radius 2 is 1.81 bits per heavy atom. The minimum atomic E-state index is -0.247. The molecule has 1 aromatic rings. The second-order valence-electron chi connectivity index (χ2n) is 3.48. The third-order valence-electron chi connectivity index (χ3n) is 2.42. The van der Waals surface area contributed by atoms with Gasteiger partial charge in [-0.15, -0.1) is 0 Å². The Morgan fingerprint density at radius 3 is 2.31 bits per heavy atom. The Hall–Kier alpha value is -1.09. The molecule has 0 fully saturated rings. The first-order chi connectivity index (χ1) is 7.56. The topological polar surface area (TPSA) is 26.3 Å². The Labute approximate surface area is 104 Å². The van der Waals surface area contributed by atoms with Crippen molar-refractivity contribution in [1.29, 1.82) is 0 Å². The molecule has 0 aliphatic rings. The van der Waals surface area contributed by atoms with Crippen LogP contribution in [0, 0.1) is 0 Å². The van der Waals surface area contributed by atoms with Crippen LogP contribution in [0.1, 0.15) is 26.3 Å². The van der Waals surface area contributed by atoms with Gasteiger partial charge in [-0.1, -0.05) is 28.1 Å². The summed E-state index contributed by atoms with van der Waals surface area (Å²) in [6.45, 7) is 5.93. The van der Waals surface area contributed by atoms with Gasteiger partial charge in [0.25, 0.3) is 0 Å². The van der Waals surface area contributed by atoms with Crippen LogP contribution in [-0.2, 0) is 9.53 Å². The van der Waals surface area contributed by atoms with Crippen molar-refractivity contribution in [3.8, 4) is 0 Å². The normalized spacial score (nSPS) is 12.0. The van der Waals surface area contributed by atoms with E-state index in [1.807, 2.05) is 31.2 Å². The van der Waals surface area contributed by atoms with Gasteiger partial charge in [-0.2, -0.15) is 0 Å². The van der Waals surface area contributed by atoms with Crippen molar-refractivity contribution in [3.63, 3.8) is 0 Å². The molecule has 1 rings (SSSR count). The Morgan fingerprint density at radius 1 is 1.25 bits per heavy atom. The molecule has 0 aliphatic carbocycles. The molecule has 0 radical (unpaired) electrons. The van der Waals surface area contributed by atoms with Crippen LogP contribution in [0.2, 0.25) is 0 Å². The van der Waals surface area contributed by atoms with Gasteiger partial charge in [0.1, 0.15) is 0 Å². The van der Waals surface area contributed by atoms with E-state index in [9.17, 15) is 4.79 Å². The van der Waals surface area contributed by atoms with E-state index in [4.69, 9.17) is 4.74 Å². The molecule has 2 nitrogen and oxygen atoms in total. The van der Waals surface area contributed by atoms with E-state index in [-0.39, 0.29) is 5.97 Å². The van der Waals surface area contributed by atoms with Crippen LogP contribution in [0.3, 0.4) is 0 Å². The van der Waals surface area contributed by atoms with E-state index in [0.29, 0.717) is 12.2 Å². The lowest BCUT2D eigenvalue weighted by molar-refractivity contribution is -0.138. The second kappa shape index (κ2) is 5.85. The summed E-state index contributed by atoms with van der Waals surface area (Å²) in [7, 11) is 0. The van der Waals surface area contributed by atoms with Crippen molar-refractivity contribution in [3.05, 3.63) is 39.9 Å². The summed E-state index contributed by atoms with van der Waals surface area (Å²) < 4.78 is 5.99. The van der Waals surface area contributed by atoms with Crippen LogP contribution in [0.25, 0.3) is 5.57 Å². The van der Waals surface area contributed by atoms with Gasteiger partial charge in [-0.25, -0.2) is 4.79 Å². The molecule has 0 heterocycles. The number of ether oxygens (including phenoxy) is 1. The third kappa shape index (κ3) is 3.20. The van der Waals surface area contributed by atoms with Gasteiger partial charge in [-0.05, 0) is 44.0 Å². The SMILES string of the molecule is CCOC(=O)/C(C)=C(\C)c1ccc(Br)cc1. The van der Waals surface area contributed by atoms with Crippen molar-refractivity contribution < 1.29 is 9.53 Å². The van der Waals surface area contributed by atoms with E-state index >= 15 is 0 Å². The number of rotatable bonds is 3. The van der Waals surface area contributed by atoms with Gasteiger partial charge < -0.3 is 4.74 Å². The molecule has 0 spiro atoms. The summed E-state index contributed by atoms with van der Waals surface area (Å²) in [6, 6.07) is 7.86. The Balaban J connectivity index is 2.99. The summed E-state index contributed by atoms with van der Waals surface area (Å²) >= 11 is 3.38. The second-order valence-corrected chi connectivity index (χ2v) is 4.39. The van der Waals surface area contributed by atoms with Crippen molar-refractivity contribution in [2.24, 2.45) is 0 Å². The average Bonchev–Trinajstić information content (AvgIpc) is 2.28. The fourth-order valence-electron chi connectivity index (χ4n) is 1.31. The number of benzene rings is 1. The van der Waals surface area contributed by atoms with Crippen LogP contribution in [0.4, 0.5) is 0 Å². The number of carbonyl (C=O) groups is 1. The zero-order valence-corrected chi connectivity index (χ0v) is 11.3. The molecule has 0 atom stereocenters. The van der Waals surface area contributed by atoms with E-state index in [1.165, 1.54) is 0 Å². The Kier molecular flexibility index (Phi) is 4.74. The molecule has 0 aromatic heterocycles. The van der Waals surface area contributed by atoms with Crippen LogP contribution in [0.15, 0.2) is 34.3 Å². The predicted molar refractivity (Wildman–Crippen MR) is 69.0 cm³/mol. The highest BCUT2D eigenvalue weighted by atomic mass is 79.9. The maximum absolute atomic E-state index is 11.5. The highest BCUT2D eigenvalue weighted by Crippen LogP contribution is 2.21. The first-order valence-electron chi connectivity index (χ1n) is 5.16. The molecule has 0 N–H and O–H groups in total. The molecule has 0 amide bonds. The van der Waals surface area contributed by atoms with Crippen molar-refractivity contribution >= 4 is 27.5 Å². The predicted octanol–water partition coefficient (Wildman–Crippen LogP) is 3.81. The summed E-state index contributed by atoms with van der Waals surface area (Å²) in [6.07, 6.45) is 0. The molecule has 0 saturated heterocycles. The minimum absolute atomic E-state index is 0.247. The minimum Gasteiger partial charge on any atom is -0.463 e. The average molecular weight is 283 g/mol. The van der Waals surface area contributed by atoms with Gasteiger partial charge in [0.05, 0.1) is 6.61 Å².